The molecule has 31 heavy (non-hydrogen) atoms. The van der Waals surface area contributed by atoms with E-state index in [9.17, 15) is 14.0 Å². The number of amides is 4. The molecule has 1 saturated heterocycles. The summed E-state index contributed by atoms with van der Waals surface area (Å²) in [4.78, 5) is 34.0. The number of nitrogens with one attached hydrogen (secondary N) is 3. The lowest BCUT2D eigenvalue weighted by atomic mass is 9.98. The van der Waals surface area contributed by atoms with Gasteiger partial charge >= 0.3 is 12.1 Å². The van der Waals surface area contributed by atoms with E-state index in [0.29, 0.717) is 35.5 Å². The van der Waals surface area contributed by atoms with Gasteiger partial charge in [-0.15, -0.1) is 0 Å². The first-order valence-electron chi connectivity index (χ1n) is 9.97. The van der Waals surface area contributed by atoms with Gasteiger partial charge in [-0.3, -0.25) is 4.90 Å². The molecule has 3 heterocycles. The van der Waals surface area contributed by atoms with Crippen molar-refractivity contribution in [3.63, 3.8) is 0 Å². The van der Waals surface area contributed by atoms with Crippen LogP contribution in [0, 0.1) is 18.7 Å². The Labute approximate surface area is 178 Å². The van der Waals surface area contributed by atoms with Gasteiger partial charge in [0.05, 0.1) is 24.1 Å². The predicted octanol–water partition coefficient (Wildman–Crippen LogP) is 3.72. The number of aryl methyl sites for hydroxylation is 1. The summed E-state index contributed by atoms with van der Waals surface area (Å²) < 4.78 is 19.6. The Morgan fingerprint density at radius 1 is 1.29 bits per heavy atom. The molecule has 1 fully saturated rings. The molecule has 0 radical (unpaired) electrons. The third-order valence-corrected chi connectivity index (χ3v) is 5.17. The minimum Gasteiger partial charge on any atom is -0.459 e. The normalized spacial score (nSPS) is 14.7. The molecular formula is C21H23FN6O3. The second kappa shape index (κ2) is 8.21. The quantitative estimate of drug-likeness (QED) is 0.576. The molecule has 9 nitrogen and oxygen atoms in total. The maximum atomic E-state index is 13.6. The molecular weight excluding hydrogens is 403 g/mol. The summed E-state index contributed by atoms with van der Waals surface area (Å²) in [6, 6.07) is 3.21. The Kier molecular flexibility index (Phi) is 5.45. The number of urea groups is 2. The predicted molar refractivity (Wildman–Crippen MR) is 113 cm³/mol. The van der Waals surface area contributed by atoms with Crippen LogP contribution in [-0.2, 0) is 0 Å². The molecule has 0 aliphatic carbocycles. The molecule has 10 heteroatoms. The van der Waals surface area contributed by atoms with Crippen molar-refractivity contribution in [3.05, 3.63) is 47.7 Å². The molecule has 0 saturated carbocycles. The van der Waals surface area contributed by atoms with Crippen LogP contribution in [0.1, 0.15) is 31.2 Å². The van der Waals surface area contributed by atoms with Crippen molar-refractivity contribution in [2.75, 3.05) is 23.3 Å². The van der Waals surface area contributed by atoms with Crippen LogP contribution < -0.4 is 20.9 Å². The smallest absolute Gasteiger partial charge is 0.324 e. The number of aromatic nitrogens is 2. The summed E-state index contributed by atoms with van der Waals surface area (Å²) in [7, 11) is 0. The topological polar surface area (TPSA) is 112 Å². The highest BCUT2D eigenvalue weighted by Gasteiger charge is 2.26. The summed E-state index contributed by atoms with van der Waals surface area (Å²) in [5, 5.41) is 8.96. The van der Waals surface area contributed by atoms with Crippen LogP contribution in [0.2, 0.25) is 0 Å². The van der Waals surface area contributed by atoms with Crippen LogP contribution in [0.15, 0.2) is 35.0 Å². The van der Waals surface area contributed by atoms with E-state index in [1.54, 1.807) is 6.07 Å². The zero-order chi connectivity index (χ0) is 22.1. The monoisotopic (exact) mass is 426 g/mol. The molecule has 162 valence electrons. The van der Waals surface area contributed by atoms with Gasteiger partial charge in [0.2, 0.25) is 5.95 Å². The van der Waals surface area contributed by atoms with Crippen molar-refractivity contribution in [2.24, 2.45) is 5.92 Å². The first kappa shape index (κ1) is 20.6. The summed E-state index contributed by atoms with van der Waals surface area (Å²) in [5.74, 6) is 0.523. The second-order valence-corrected chi connectivity index (χ2v) is 7.71. The molecule has 0 spiro atoms. The van der Waals surface area contributed by atoms with E-state index in [-0.39, 0.29) is 23.7 Å². The number of hydrogen-bond donors (Lipinski definition) is 3. The zero-order valence-electron chi connectivity index (χ0n) is 17.4. The van der Waals surface area contributed by atoms with Crippen LogP contribution >= 0.6 is 0 Å². The number of nitrogens with zero attached hydrogens (tertiary/aromatic N) is 3. The van der Waals surface area contributed by atoms with Gasteiger partial charge in [0.15, 0.2) is 0 Å². The third kappa shape index (κ3) is 4.14. The fraction of sp³-hybridized carbons (Fsp3) is 0.333. The second-order valence-electron chi connectivity index (χ2n) is 7.71. The fourth-order valence-corrected chi connectivity index (χ4v) is 3.54. The molecule has 3 N–H and O–H groups in total. The lowest BCUT2D eigenvalue weighted by Crippen LogP contribution is -2.35. The van der Waals surface area contributed by atoms with Gasteiger partial charge in [-0.1, -0.05) is 13.8 Å². The molecule has 1 aromatic carbocycles. The van der Waals surface area contributed by atoms with Gasteiger partial charge in [0, 0.05) is 24.0 Å². The Balaban J connectivity index is 1.48. The SMILES string of the molecule is Cc1c([C@H](NC(=O)Nc2cnc(N3CCNC3=O)nc2)C(C)C)oc2ccc(F)cc12. The van der Waals surface area contributed by atoms with Gasteiger partial charge < -0.3 is 20.4 Å². The highest BCUT2D eigenvalue weighted by Crippen LogP contribution is 2.33. The maximum Gasteiger partial charge on any atom is 0.324 e. The first-order chi connectivity index (χ1) is 14.8. The Hall–Kier alpha value is -3.69. The highest BCUT2D eigenvalue weighted by molar-refractivity contribution is 5.92. The van der Waals surface area contributed by atoms with Crippen molar-refractivity contribution in [2.45, 2.75) is 26.8 Å². The summed E-state index contributed by atoms with van der Waals surface area (Å²) in [6.07, 6.45) is 2.88. The average Bonchev–Trinajstić information content (AvgIpc) is 3.30. The van der Waals surface area contributed by atoms with E-state index < -0.39 is 12.1 Å². The number of anilines is 2. The van der Waals surface area contributed by atoms with Crippen molar-refractivity contribution in [1.29, 1.82) is 0 Å². The highest BCUT2D eigenvalue weighted by atomic mass is 19.1. The fourth-order valence-electron chi connectivity index (χ4n) is 3.54. The van der Waals surface area contributed by atoms with E-state index >= 15 is 0 Å². The number of fused-ring (bicyclic) bond motifs is 1. The summed E-state index contributed by atoms with van der Waals surface area (Å²) in [5.41, 5.74) is 1.73. The Morgan fingerprint density at radius 2 is 2.03 bits per heavy atom. The van der Waals surface area contributed by atoms with Crippen LogP contribution in [0.4, 0.5) is 25.6 Å². The summed E-state index contributed by atoms with van der Waals surface area (Å²) in [6.45, 7) is 6.78. The van der Waals surface area contributed by atoms with Crippen molar-refractivity contribution < 1.29 is 18.4 Å². The Bertz CT molecular complexity index is 1130. The van der Waals surface area contributed by atoms with Crippen molar-refractivity contribution in [3.8, 4) is 0 Å². The van der Waals surface area contributed by atoms with Gasteiger partial charge in [0.1, 0.15) is 17.2 Å². The molecule has 1 atom stereocenters. The minimum atomic E-state index is -0.458. The van der Waals surface area contributed by atoms with Crippen LogP contribution in [0.3, 0.4) is 0 Å². The van der Waals surface area contributed by atoms with E-state index in [1.165, 1.54) is 29.4 Å². The zero-order valence-corrected chi connectivity index (χ0v) is 17.4. The van der Waals surface area contributed by atoms with E-state index in [0.717, 1.165) is 5.56 Å². The molecule has 1 aliphatic heterocycles. The van der Waals surface area contributed by atoms with Crippen molar-refractivity contribution in [1.82, 2.24) is 20.6 Å². The van der Waals surface area contributed by atoms with Crippen LogP contribution in [-0.4, -0.2) is 35.1 Å². The largest absolute Gasteiger partial charge is 0.459 e. The molecule has 0 unspecified atom stereocenters. The number of furan rings is 1. The minimum absolute atomic E-state index is 0.0159. The Morgan fingerprint density at radius 3 is 2.68 bits per heavy atom. The van der Waals surface area contributed by atoms with E-state index in [2.05, 4.69) is 25.9 Å². The van der Waals surface area contributed by atoms with Crippen molar-refractivity contribution >= 4 is 34.7 Å². The average molecular weight is 426 g/mol. The van der Waals surface area contributed by atoms with Crippen LogP contribution in [0.25, 0.3) is 11.0 Å². The number of carbonyl (C=O) groups excluding carboxylic acids is 2. The number of hydrogen-bond acceptors (Lipinski definition) is 5. The number of halogens is 1. The van der Waals surface area contributed by atoms with Gasteiger partial charge in [0.25, 0.3) is 0 Å². The molecule has 3 aromatic rings. The number of benzene rings is 1. The maximum absolute atomic E-state index is 13.6. The van der Waals surface area contributed by atoms with Crippen LogP contribution in [0.5, 0.6) is 0 Å². The van der Waals surface area contributed by atoms with Gasteiger partial charge in [-0.2, -0.15) is 0 Å². The third-order valence-electron chi connectivity index (χ3n) is 5.17. The lowest BCUT2D eigenvalue weighted by Gasteiger charge is -2.21. The van der Waals surface area contributed by atoms with Gasteiger partial charge in [-0.05, 0) is 31.0 Å². The molecule has 4 amide bonds. The van der Waals surface area contributed by atoms with E-state index in [1.807, 2.05) is 20.8 Å². The number of rotatable bonds is 5. The lowest BCUT2D eigenvalue weighted by molar-refractivity contribution is 0.241. The molecule has 4 rings (SSSR count). The van der Waals surface area contributed by atoms with E-state index in [4.69, 9.17) is 4.42 Å². The first-order valence-corrected chi connectivity index (χ1v) is 9.97. The molecule has 0 bridgehead atoms. The molecule has 2 aromatic heterocycles. The standard InChI is InChI=1S/C21H23FN6O3/c1-11(2)17(18-12(3)15-8-13(22)4-5-16(15)31-18)27-20(29)26-14-9-24-19(25-10-14)28-7-6-23-21(28)30/h4-5,8-11,17H,6-7H2,1-3H3,(H,23,30)(H2,26,27,29)/t17-/m1/s1. The van der Waals surface area contributed by atoms with Gasteiger partial charge in [-0.25, -0.2) is 23.9 Å². The number of carbonyl (C=O) groups is 2. The molecule has 1 aliphatic rings. The summed E-state index contributed by atoms with van der Waals surface area (Å²) >= 11 is 0.